The molecule has 5 heteroatoms. The smallest absolute Gasteiger partial charge is 0.233 e. The Bertz CT molecular complexity index is 631. The first kappa shape index (κ1) is 16.7. The zero-order chi connectivity index (χ0) is 15.9. The van der Waals surface area contributed by atoms with E-state index in [9.17, 15) is 4.79 Å². The average Bonchev–Trinajstić information content (AvgIpc) is 2.54. The molecular formula is C17H18ClNO2S. The van der Waals surface area contributed by atoms with Crippen molar-refractivity contribution in [3.8, 4) is 5.75 Å². The Balaban J connectivity index is 1.86. The molecule has 0 saturated carbocycles. The summed E-state index contributed by atoms with van der Waals surface area (Å²) in [4.78, 5) is 13.2. The second-order valence-electron chi connectivity index (χ2n) is 4.78. The molecule has 2 aromatic rings. The van der Waals surface area contributed by atoms with Crippen molar-refractivity contribution in [1.82, 2.24) is 5.32 Å². The van der Waals surface area contributed by atoms with Crippen molar-refractivity contribution >= 4 is 29.3 Å². The van der Waals surface area contributed by atoms with E-state index in [-0.39, 0.29) is 11.2 Å². The molecule has 0 aliphatic rings. The summed E-state index contributed by atoms with van der Waals surface area (Å²) in [5.41, 5.74) is 1.01. The third-order valence-corrected chi connectivity index (χ3v) is 4.46. The van der Waals surface area contributed by atoms with Gasteiger partial charge in [0.25, 0.3) is 0 Å². The molecule has 0 saturated heterocycles. The molecule has 3 nitrogen and oxygen atoms in total. The van der Waals surface area contributed by atoms with Gasteiger partial charge >= 0.3 is 0 Å². The summed E-state index contributed by atoms with van der Waals surface area (Å²) < 4.78 is 5.17. The highest BCUT2D eigenvalue weighted by atomic mass is 35.5. The highest BCUT2D eigenvalue weighted by Crippen LogP contribution is 2.24. The Hall–Kier alpha value is -1.65. The fraction of sp³-hybridized carbons (Fsp3) is 0.235. The maximum Gasteiger partial charge on any atom is 0.233 e. The molecule has 1 amide bonds. The van der Waals surface area contributed by atoms with E-state index in [1.165, 1.54) is 11.8 Å². The lowest BCUT2D eigenvalue weighted by molar-refractivity contribution is -0.120. The maximum atomic E-state index is 12.2. The maximum absolute atomic E-state index is 12.2. The number of benzene rings is 2. The van der Waals surface area contributed by atoms with Crippen LogP contribution >= 0.6 is 23.4 Å². The first-order valence-corrected chi connectivity index (χ1v) is 8.17. The van der Waals surface area contributed by atoms with Crippen molar-refractivity contribution in [2.45, 2.75) is 23.6 Å². The van der Waals surface area contributed by atoms with Crippen LogP contribution in [0.1, 0.15) is 12.5 Å². The molecule has 0 aromatic heterocycles. The van der Waals surface area contributed by atoms with E-state index in [4.69, 9.17) is 16.3 Å². The molecule has 0 bridgehead atoms. The number of thioether (sulfide) groups is 1. The minimum atomic E-state index is -0.174. The highest BCUT2D eigenvalue weighted by molar-refractivity contribution is 8.00. The van der Waals surface area contributed by atoms with E-state index >= 15 is 0 Å². The van der Waals surface area contributed by atoms with Crippen LogP contribution in [0.2, 0.25) is 5.02 Å². The van der Waals surface area contributed by atoms with Crippen molar-refractivity contribution in [3.05, 3.63) is 59.1 Å². The summed E-state index contributed by atoms with van der Waals surface area (Å²) in [6.07, 6.45) is 0. The summed E-state index contributed by atoms with van der Waals surface area (Å²) >= 11 is 7.36. The van der Waals surface area contributed by atoms with Crippen LogP contribution in [0.4, 0.5) is 0 Å². The van der Waals surface area contributed by atoms with Gasteiger partial charge in [-0.3, -0.25) is 4.79 Å². The zero-order valence-corrected chi connectivity index (χ0v) is 14.1. The molecule has 0 aliphatic heterocycles. The number of nitrogens with one attached hydrogen (secondary N) is 1. The second kappa shape index (κ2) is 8.11. The standard InChI is InChI=1S/C17H18ClNO2S/c1-12(22-16-8-6-14(18)7-9-16)17(20)19-11-13-4-3-5-15(10-13)21-2/h3-10,12H,11H2,1-2H3,(H,19,20). The van der Waals surface area contributed by atoms with Crippen LogP contribution < -0.4 is 10.1 Å². The van der Waals surface area contributed by atoms with Gasteiger partial charge in [-0.25, -0.2) is 0 Å². The summed E-state index contributed by atoms with van der Waals surface area (Å²) in [7, 11) is 1.63. The minimum absolute atomic E-state index is 0.00256. The Morgan fingerprint density at radius 3 is 2.68 bits per heavy atom. The number of hydrogen-bond acceptors (Lipinski definition) is 3. The SMILES string of the molecule is COc1cccc(CNC(=O)C(C)Sc2ccc(Cl)cc2)c1. The van der Waals surface area contributed by atoms with Crippen LogP contribution in [0.3, 0.4) is 0 Å². The summed E-state index contributed by atoms with van der Waals surface area (Å²) in [5, 5.41) is 3.46. The van der Waals surface area contributed by atoms with E-state index in [1.54, 1.807) is 7.11 Å². The number of carbonyl (C=O) groups is 1. The van der Waals surface area contributed by atoms with Crippen molar-refractivity contribution < 1.29 is 9.53 Å². The lowest BCUT2D eigenvalue weighted by Crippen LogP contribution is -2.30. The van der Waals surface area contributed by atoms with Crippen molar-refractivity contribution in [2.75, 3.05) is 7.11 Å². The van der Waals surface area contributed by atoms with Gasteiger partial charge in [0.2, 0.25) is 5.91 Å². The van der Waals surface area contributed by atoms with Gasteiger partial charge in [-0.2, -0.15) is 0 Å². The summed E-state index contributed by atoms with van der Waals surface area (Å²) in [5.74, 6) is 0.790. The van der Waals surface area contributed by atoms with E-state index < -0.39 is 0 Å². The molecule has 1 atom stereocenters. The quantitative estimate of drug-likeness (QED) is 0.806. The van der Waals surface area contributed by atoms with Crippen molar-refractivity contribution in [1.29, 1.82) is 0 Å². The molecule has 0 radical (unpaired) electrons. The number of hydrogen-bond donors (Lipinski definition) is 1. The number of carbonyl (C=O) groups excluding carboxylic acids is 1. The van der Waals surface area contributed by atoms with E-state index in [0.717, 1.165) is 16.2 Å². The van der Waals surface area contributed by atoms with Crippen molar-refractivity contribution in [2.24, 2.45) is 0 Å². The monoisotopic (exact) mass is 335 g/mol. The van der Waals surface area contributed by atoms with Gasteiger partial charge in [0.15, 0.2) is 0 Å². The first-order chi connectivity index (χ1) is 10.6. The largest absolute Gasteiger partial charge is 0.497 e. The second-order valence-corrected chi connectivity index (χ2v) is 6.63. The zero-order valence-electron chi connectivity index (χ0n) is 12.5. The molecule has 0 heterocycles. The van der Waals surface area contributed by atoms with Gasteiger partial charge < -0.3 is 10.1 Å². The van der Waals surface area contributed by atoms with Gasteiger partial charge in [-0.1, -0.05) is 23.7 Å². The van der Waals surface area contributed by atoms with Crippen LogP contribution in [0, 0.1) is 0 Å². The van der Waals surface area contributed by atoms with Gasteiger partial charge in [-0.15, -0.1) is 11.8 Å². The van der Waals surface area contributed by atoms with Crippen LogP contribution in [0.5, 0.6) is 5.75 Å². The number of amides is 1. The molecule has 1 N–H and O–H groups in total. The van der Waals surface area contributed by atoms with E-state index in [1.807, 2.05) is 55.5 Å². The van der Waals surface area contributed by atoms with Gasteiger partial charge in [0.05, 0.1) is 12.4 Å². The van der Waals surface area contributed by atoms with Gasteiger partial charge in [0, 0.05) is 16.5 Å². The van der Waals surface area contributed by atoms with Crippen LogP contribution in [-0.4, -0.2) is 18.3 Å². The molecule has 116 valence electrons. The highest BCUT2D eigenvalue weighted by Gasteiger charge is 2.14. The molecule has 0 fully saturated rings. The average molecular weight is 336 g/mol. The molecule has 0 aliphatic carbocycles. The van der Waals surface area contributed by atoms with E-state index in [0.29, 0.717) is 11.6 Å². The first-order valence-electron chi connectivity index (χ1n) is 6.91. The molecule has 0 spiro atoms. The lowest BCUT2D eigenvalue weighted by Gasteiger charge is -2.12. The van der Waals surface area contributed by atoms with Crippen molar-refractivity contribution in [3.63, 3.8) is 0 Å². The number of halogens is 1. The van der Waals surface area contributed by atoms with Crippen LogP contribution in [0.25, 0.3) is 0 Å². The summed E-state index contributed by atoms with van der Waals surface area (Å²) in [6, 6.07) is 15.1. The predicted octanol–water partition coefficient (Wildman–Crippen LogP) is 4.15. The minimum Gasteiger partial charge on any atom is -0.497 e. The topological polar surface area (TPSA) is 38.3 Å². The third kappa shape index (κ3) is 4.97. The number of ether oxygens (including phenoxy) is 1. The summed E-state index contributed by atoms with van der Waals surface area (Å²) in [6.45, 7) is 2.38. The Morgan fingerprint density at radius 2 is 2.00 bits per heavy atom. The lowest BCUT2D eigenvalue weighted by atomic mass is 10.2. The van der Waals surface area contributed by atoms with E-state index in [2.05, 4.69) is 5.32 Å². The van der Waals surface area contributed by atoms with Crippen LogP contribution in [0.15, 0.2) is 53.4 Å². The van der Waals surface area contributed by atoms with Gasteiger partial charge in [0.1, 0.15) is 5.75 Å². The molecule has 1 unspecified atom stereocenters. The third-order valence-electron chi connectivity index (χ3n) is 3.10. The molecule has 22 heavy (non-hydrogen) atoms. The number of methoxy groups -OCH3 is 1. The molecular weight excluding hydrogens is 318 g/mol. The van der Waals surface area contributed by atoms with Gasteiger partial charge in [-0.05, 0) is 48.9 Å². The molecule has 2 rings (SSSR count). The van der Waals surface area contributed by atoms with Crippen LogP contribution in [-0.2, 0) is 11.3 Å². The fourth-order valence-electron chi connectivity index (χ4n) is 1.89. The Morgan fingerprint density at radius 1 is 1.27 bits per heavy atom. The fourth-order valence-corrected chi connectivity index (χ4v) is 2.90. The number of rotatable bonds is 6. The predicted molar refractivity (Wildman–Crippen MR) is 91.6 cm³/mol. The Kier molecular flexibility index (Phi) is 6.16. The molecule has 2 aromatic carbocycles. The normalized spacial score (nSPS) is 11.8. The Labute approximate surface area is 140 Å².